The van der Waals surface area contributed by atoms with Crippen LogP contribution in [0.4, 0.5) is 11.4 Å². The van der Waals surface area contributed by atoms with Crippen LogP contribution in [-0.4, -0.2) is 67.4 Å². The van der Waals surface area contributed by atoms with Gasteiger partial charge in [0.25, 0.3) is 0 Å². The van der Waals surface area contributed by atoms with Gasteiger partial charge in [-0.15, -0.1) is 0 Å². The van der Waals surface area contributed by atoms with Gasteiger partial charge < -0.3 is 15.1 Å². The van der Waals surface area contributed by atoms with Crippen molar-refractivity contribution in [1.82, 2.24) is 9.80 Å². The summed E-state index contributed by atoms with van der Waals surface area (Å²) in [6, 6.07) is 8.27. The van der Waals surface area contributed by atoms with E-state index in [4.69, 9.17) is 0 Å². The summed E-state index contributed by atoms with van der Waals surface area (Å²) in [6.45, 7) is 6.16. The van der Waals surface area contributed by atoms with Crippen LogP contribution in [0.25, 0.3) is 0 Å². The first-order valence-electron chi connectivity index (χ1n) is 11.8. The standard InChI is InChI=1S/C24H36N4O2/c29-23(19-26-17-11-20(12-18-26)24(30)28-15-5-6-16-28)25-21-7-9-22(10-8-21)27-13-3-1-2-4-14-27/h7-10,20H,1-6,11-19H2,(H,25,29). The van der Waals surface area contributed by atoms with Crippen LogP contribution in [0, 0.1) is 5.92 Å². The summed E-state index contributed by atoms with van der Waals surface area (Å²) in [7, 11) is 0. The molecule has 6 heteroatoms. The predicted octanol–water partition coefficient (Wildman–Crippen LogP) is 3.34. The van der Waals surface area contributed by atoms with E-state index in [0.29, 0.717) is 12.5 Å². The second kappa shape index (κ2) is 10.3. The van der Waals surface area contributed by atoms with Gasteiger partial charge in [-0.3, -0.25) is 14.5 Å². The average Bonchev–Trinajstić information content (AvgIpc) is 3.17. The van der Waals surface area contributed by atoms with Crippen LogP contribution in [0.3, 0.4) is 0 Å². The topological polar surface area (TPSA) is 55.9 Å². The van der Waals surface area contributed by atoms with Gasteiger partial charge in [-0.25, -0.2) is 0 Å². The van der Waals surface area contributed by atoms with Crippen LogP contribution in [-0.2, 0) is 9.59 Å². The number of nitrogens with one attached hydrogen (secondary N) is 1. The molecule has 1 aromatic carbocycles. The minimum absolute atomic E-state index is 0.0295. The van der Waals surface area contributed by atoms with Crippen molar-refractivity contribution in [2.75, 3.05) is 56.0 Å². The largest absolute Gasteiger partial charge is 0.372 e. The summed E-state index contributed by atoms with van der Waals surface area (Å²) in [5.74, 6) is 0.511. The minimum Gasteiger partial charge on any atom is -0.372 e. The minimum atomic E-state index is 0.0295. The van der Waals surface area contributed by atoms with E-state index in [1.54, 1.807) is 0 Å². The molecule has 1 aromatic rings. The third kappa shape index (κ3) is 5.54. The van der Waals surface area contributed by atoms with Crippen molar-refractivity contribution in [3.05, 3.63) is 24.3 Å². The molecule has 0 unspecified atom stereocenters. The van der Waals surface area contributed by atoms with E-state index in [0.717, 1.165) is 70.6 Å². The molecule has 3 fully saturated rings. The van der Waals surface area contributed by atoms with Crippen LogP contribution in [0.1, 0.15) is 51.4 Å². The summed E-state index contributed by atoms with van der Waals surface area (Å²) in [5, 5.41) is 3.04. The van der Waals surface area contributed by atoms with Gasteiger partial charge in [0.15, 0.2) is 0 Å². The molecule has 0 bridgehead atoms. The molecule has 0 aromatic heterocycles. The van der Waals surface area contributed by atoms with Crippen molar-refractivity contribution in [3.8, 4) is 0 Å². The number of piperidine rings is 1. The molecule has 6 nitrogen and oxygen atoms in total. The number of anilines is 2. The van der Waals surface area contributed by atoms with Crippen molar-refractivity contribution < 1.29 is 9.59 Å². The fourth-order valence-corrected chi connectivity index (χ4v) is 5.02. The lowest BCUT2D eigenvalue weighted by atomic mass is 9.95. The first kappa shape index (κ1) is 21.2. The smallest absolute Gasteiger partial charge is 0.238 e. The van der Waals surface area contributed by atoms with Crippen LogP contribution < -0.4 is 10.2 Å². The van der Waals surface area contributed by atoms with E-state index in [1.807, 2.05) is 17.0 Å². The molecular weight excluding hydrogens is 376 g/mol. The molecule has 2 amide bonds. The quantitative estimate of drug-likeness (QED) is 0.806. The fourth-order valence-electron chi connectivity index (χ4n) is 5.02. The van der Waals surface area contributed by atoms with Crippen LogP contribution in [0.2, 0.25) is 0 Å². The number of carbonyl (C=O) groups excluding carboxylic acids is 2. The second-order valence-electron chi connectivity index (χ2n) is 9.08. The first-order chi connectivity index (χ1) is 14.7. The maximum atomic E-state index is 12.6. The van der Waals surface area contributed by atoms with Crippen LogP contribution in [0.5, 0.6) is 0 Å². The highest BCUT2D eigenvalue weighted by Gasteiger charge is 2.30. The summed E-state index contributed by atoms with van der Waals surface area (Å²) >= 11 is 0. The monoisotopic (exact) mass is 412 g/mol. The molecule has 0 saturated carbocycles. The van der Waals surface area contributed by atoms with Crippen LogP contribution in [0.15, 0.2) is 24.3 Å². The summed E-state index contributed by atoms with van der Waals surface area (Å²) in [6.07, 6.45) is 9.20. The Balaban J connectivity index is 1.20. The zero-order valence-corrected chi connectivity index (χ0v) is 18.2. The van der Waals surface area contributed by atoms with E-state index in [2.05, 4.69) is 27.2 Å². The molecule has 164 valence electrons. The number of amides is 2. The van der Waals surface area contributed by atoms with Gasteiger partial charge in [-0.1, -0.05) is 12.8 Å². The Morgan fingerprint density at radius 2 is 1.40 bits per heavy atom. The second-order valence-corrected chi connectivity index (χ2v) is 9.08. The van der Waals surface area contributed by atoms with E-state index >= 15 is 0 Å². The Labute approximate surface area is 180 Å². The molecule has 3 heterocycles. The zero-order chi connectivity index (χ0) is 20.8. The molecule has 0 atom stereocenters. The molecular formula is C24H36N4O2. The third-order valence-electron chi connectivity index (χ3n) is 6.84. The Morgan fingerprint density at radius 1 is 0.800 bits per heavy atom. The zero-order valence-electron chi connectivity index (χ0n) is 18.2. The van der Waals surface area contributed by atoms with Crippen molar-refractivity contribution >= 4 is 23.2 Å². The average molecular weight is 413 g/mol. The molecule has 3 saturated heterocycles. The lowest BCUT2D eigenvalue weighted by Crippen LogP contribution is -2.43. The number of benzene rings is 1. The Bertz CT molecular complexity index is 698. The first-order valence-corrected chi connectivity index (χ1v) is 11.8. The van der Waals surface area contributed by atoms with Crippen molar-refractivity contribution in [1.29, 1.82) is 0 Å². The van der Waals surface area contributed by atoms with E-state index in [9.17, 15) is 9.59 Å². The van der Waals surface area contributed by atoms with E-state index < -0.39 is 0 Å². The maximum absolute atomic E-state index is 12.6. The number of nitrogens with zero attached hydrogens (tertiary/aromatic N) is 3. The molecule has 0 radical (unpaired) electrons. The molecule has 1 N–H and O–H groups in total. The maximum Gasteiger partial charge on any atom is 0.238 e. The van der Waals surface area contributed by atoms with Gasteiger partial charge in [-0.2, -0.15) is 0 Å². The lowest BCUT2D eigenvalue weighted by Gasteiger charge is -2.32. The van der Waals surface area contributed by atoms with Crippen molar-refractivity contribution in [2.45, 2.75) is 51.4 Å². The van der Waals surface area contributed by atoms with Crippen molar-refractivity contribution in [2.24, 2.45) is 5.92 Å². The van der Waals surface area contributed by atoms with Gasteiger partial charge in [0, 0.05) is 43.5 Å². The molecule has 0 aliphatic carbocycles. The highest BCUT2D eigenvalue weighted by molar-refractivity contribution is 5.92. The van der Waals surface area contributed by atoms with Gasteiger partial charge in [0.05, 0.1) is 6.54 Å². The molecule has 30 heavy (non-hydrogen) atoms. The molecule has 0 spiro atoms. The normalized spacial score (nSPS) is 21.5. The van der Waals surface area contributed by atoms with Gasteiger partial charge in [-0.05, 0) is 75.9 Å². The third-order valence-corrected chi connectivity index (χ3v) is 6.84. The van der Waals surface area contributed by atoms with E-state index in [-0.39, 0.29) is 11.8 Å². The predicted molar refractivity (Wildman–Crippen MR) is 121 cm³/mol. The van der Waals surface area contributed by atoms with Crippen molar-refractivity contribution in [3.63, 3.8) is 0 Å². The number of carbonyl (C=O) groups is 2. The molecule has 3 aliphatic rings. The fraction of sp³-hybridized carbons (Fsp3) is 0.667. The van der Waals surface area contributed by atoms with Crippen LogP contribution >= 0.6 is 0 Å². The molecule has 4 rings (SSSR count). The molecule has 3 aliphatic heterocycles. The Morgan fingerprint density at radius 3 is 2.03 bits per heavy atom. The highest BCUT2D eigenvalue weighted by Crippen LogP contribution is 2.23. The highest BCUT2D eigenvalue weighted by atomic mass is 16.2. The lowest BCUT2D eigenvalue weighted by molar-refractivity contribution is -0.136. The summed E-state index contributed by atoms with van der Waals surface area (Å²) in [4.78, 5) is 31.7. The van der Waals surface area contributed by atoms with Gasteiger partial charge >= 0.3 is 0 Å². The Hall–Kier alpha value is -2.08. The number of rotatable bonds is 5. The number of likely N-dealkylation sites (tertiary alicyclic amines) is 2. The summed E-state index contributed by atoms with van der Waals surface area (Å²) in [5.41, 5.74) is 2.11. The number of hydrogen-bond acceptors (Lipinski definition) is 4. The van der Waals surface area contributed by atoms with E-state index in [1.165, 1.54) is 31.4 Å². The SMILES string of the molecule is O=C(CN1CCC(C(=O)N2CCCC2)CC1)Nc1ccc(N2CCCCCC2)cc1. The summed E-state index contributed by atoms with van der Waals surface area (Å²) < 4.78 is 0. The van der Waals surface area contributed by atoms with Gasteiger partial charge in [0.1, 0.15) is 0 Å². The Kier molecular flexibility index (Phi) is 7.26. The van der Waals surface area contributed by atoms with Gasteiger partial charge in [0.2, 0.25) is 11.8 Å². The number of hydrogen-bond donors (Lipinski definition) is 1.